The van der Waals surface area contributed by atoms with Crippen LogP contribution in [0.4, 0.5) is 19.1 Å². The van der Waals surface area contributed by atoms with Crippen molar-refractivity contribution in [3.8, 4) is 11.1 Å². The molecule has 1 saturated carbocycles. The van der Waals surface area contributed by atoms with Crippen LogP contribution in [0.1, 0.15) is 38.1 Å². The molecular formula is C23H25F3N6O. The number of alkyl halides is 3. The molecule has 0 bridgehead atoms. The first-order valence-corrected chi connectivity index (χ1v) is 11.3. The van der Waals surface area contributed by atoms with Crippen LogP contribution in [0.25, 0.3) is 22.0 Å². The van der Waals surface area contributed by atoms with E-state index >= 15 is 0 Å². The van der Waals surface area contributed by atoms with Gasteiger partial charge in [0.15, 0.2) is 0 Å². The van der Waals surface area contributed by atoms with Crippen molar-refractivity contribution in [3.05, 3.63) is 36.8 Å². The Morgan fingerprint density at radius 1 is 1.09 bits per heavy atom. The molecule has 2 aromatic heterocycles. The monoisotopic (exact) mass is 458 g/mol. The molecule has 7 nitrogen and oxygen atoms in total. The number of nitrogens with one attached hydrogen (secondary N) is 1. The summed E-state index contributed by atoms with van der Waals surface area (Å²) in [6, 6.07) is 6.42. The second kappa shape index (κ2) is 8.74. The second-order valence-electron chi connectivity index (χ2n) is 8.88. The zero-order valence-corrected chi connectivity index (χ0v) is 18.1. The van der Waals surface area contributed by atoms with E-state index < -0.39 is 12.6 Å². The number of amides is 1. The Morgan fingerprint density at radius 2 is 1.88 bits per heavy atom. The molecule has 3 aromatic rings. The number of carbonyl (C=O) groups excluding carboxylic acids is 1. The highest BCUT2D eigenvalue weighted by Gasteiger charge is 2.30. The SMILES string of the molecule is O=C(Nc1ncc2ccc(-c3cnn(C4CC4)c3)cc2n1)C1CCN(CCC(F)(F)F)CC1. The van der Waals surface area contributed by atoms with Crippen molar-refractivity contribution in [1.29, 1.82) is 0 Å². The van der Waals surface area contributed by atoms with Crippen LogP contribution < -0.4 is 5.32 Å². The quantitative estimate of drug-likeness (QED) is 0.592. The van der Waals surface area contributed by atoms with Gasteiger partial charge in [-0.15, -0.1) is 0 Å². The van der Waals surface area contributed by atoms with Gasteiger partial charge in [-0.05, 0) is 50.4 Å². The fourth-order valence-corrected chi connectivity index (χ4v) is 4.20. The van der Waals surface area contributed by atoms with E-state index in [9.17, 15) is 18.0 Å². The summed E-state index contributed by atoms with van der Waals surface area (Å²) in [4.78, 5) is 23.2. The second-order valence-corrected chi connectivity index (χ2v) is 8.88. The smallest absolute Gasteiger partial charge is 0.303 e. The Hall–Kier alpha value is -3.01. The molecule has 0 spiro atoms. The number of aromatic nitrogens is 4. The first-order chi connectivity index (χ1) is 15.8. The summed E-state index contributed by atoms with van der Waals surface area (Å²) in [6.45, 7) is 0.933. The summed E-state index contributed by atoms with van der Waals surface area (Å²) in [5.74, 6) is -0.212. The predicted octanol–water partition coefficient (Wildman–Crippen LogP) is 4.43. The summed E-state index contributed by atoms with van der Waals surface area (Å²) in [5, 5.41) is 8.09. The zero-order valence-electron chi connectivity index (χ0n) is 18.1. The molecule has 1 aliphatic carbocycles. The fourth-order valence-electron chi connectivity index (χ4n) is 4.20. The van der Waals surface area contributed by atoms with Gasteiger partial charge in [0.2, 0.25) is 11.9 Å². The zero-order chi connectivity index (χ0) is 23.0. The number of anilines is 1. The van der Waals surface area contributed by atoms with Gasteiger partial charge in [0.05, 0.1) is 24.2 Å². The Bertz CT molecular complexity index is 1150. The minimum Gasteiger partial charge on any atom is -0.303 e. The average Bonchev–Trinajstić information content (AvgIpc) is 3.53. The Morgan fingerprint density at radius 3 is 2.61 bits per heavy atom. The molecule has 1 amide bonds. The van der Waals surface area contributed by atoms with Gasteiger partial charge in [0, 0.05) is 35.8 Å². The van der Waals surface area contributed by atoms with Crippen molar-refractivity contribution >= 4 is 22.8 Å². The lowest BCUT2D eigenvalue weighted by molar-refractivity contribution is -0.139. The van der Waals surface area contributed by atoms with E-state index in [1.807, 2.05) is 35.3 Å². The standard InChI is InChI=1S/C23H25F3N6O/c24-23(25,26)7-10-31-8-5-15(6-9-31)21(33)30-22-27-12-17-2-1-16(11-20(17)29-22)18-13-28-32(14-18)19-3-4-19/h1-2,11-15,19H,3-10H2,(H,27,29,30,33). The maximum Gasteiger partial charge on any atom is 0.390 e. The lowest BCUT2D eigenvalue weighted by Gasteiger charge is -2.31. The third-order valence-electron chi connectivity index (χ3n) is 6.34. The number of fused-ring (bicyclic) bond motifs is 1. The first-order valence-electron chi connectivity index (χ1n) is 11.3. The van der Waals surface area contributed by atoms with Crippen molar-refractivity contribution in [1.82, 2.24) is 24.6 Å². The van der Waals surface area contributed by atoms with Crippen molar-refractivity contribution in [2.75, 3.05) is 25.0 Å². The van der Waals surface area contributed by atoms with Gasteiger partial charge in [-0.1, -0.05) is 12.1 Å². The molecule has 0 atom stereocenters. The molecule has 10 heteroatoms. The summed E-state index contributed by atoms with van der Waals surface area (Å²) < 4.78 is 39.3. The van der Waals surface area contributed by atoms with Crippen LogP contribution in [0.3, 0.4) is 0 Å². The van der Waals surface area contributed by atoms with Crippen molar-refractivity contribution in [2.24, 2.45) is 5.92 Å². The molecule has 5 rings (SSSR count). The maximum absolute atomic E-state index is 12.7. The number of halogens is 3. The topological polar surface area (TPSA) is 75.9 Å². The van der Waals surface area contributed by atoms with E-state index in [1.54, 1.807) is 11.1 Å². The predicted molar refractivity (Wildman–Crippen MR) is 117 cm³/mol. The number of nitrogens with zero attached hydrogens (tertiary/aromatic N) is 5. The first kappa shape index (κ1) is 21.8. The number of hydrogen-bond donors (Lipinski definition) is 1. The molecule has 0 unspecified atom stereocenters. The van der Waals surface area contributed by atoms with Crippen molar-refractivity contribution < 1.29 is 18.0 Å². The molecule has 2 fully saturated rings. The molecule has 0 radical (unpaired) electrons. The molecule has 174 valence electrons. The molecular weight excluding hydrogens is 433 g/mol. The molecule has 2 aliphatic rings. The van der Waals surface area contributed by atoms with Gasteiger partial charge >= 0.3 is 6.18 Å². The summed E-state index contributed by atoms with van der Waals surface area (Å²) in [6.07, 6.45) is 3.98. The number of rotatable bonds is 6. The van der Waals surface area contributed by atoms with Crippen molar-refractivity contribution in [2.45, 2.75) is 44.3 Å². The van der Waals surface area contributed by atoms with Gasteiger partial charge in [0.25, 0.3) is 0 Å². The fraction of sp³-hybridized carbons (Fsp3) is 0.478. The Labute approximate surface area is 189 Å². The Balaban J connectivity index is 1.22. The number of carbonyl (C=O) groups is 1. The van der Waals surface area contributed by atoms with Crippen LogP contribution in [0.15, 0.2) is 36.8 Å². The maximum atomic E-state index is 12.7. The van der Waals surface area contributed by atoms with Crippen LogP contribution in [0.2, 0.25) is 0 Å². The van der Waals surface area contributed by atoms with Crippen LogP contribution in [-0.4, -0.2) is 56.4 Å². The Kier molecular flexibility index (Phi) is 5.77. The van der Waals surface area contributed by atoms with E-state index in [0.717, 1.165) is 22.0 Å². The largest absolute Gasteiger partial charge is 0.390 e. The highest BCUT2D eigenvalue weighted by molar-refractivity contribution is 5.92. The van der Waals surface area contributed by atoms with E-state index in [0.29, 0.717) is 32.0 Å². The minimum absolute atomic E-state index is 0.0203. The van der Waals surface area contributed by atoms with Crippen LogP contribution in [-0.2, 0) is 4.79 Å². The van der Waals surface area contributed by atoms with Gasteiger partial charge < -0.3 is 4.90 Å². The lowest BCUT2D eigenvalue weighted by atomic mass is 9.96. The number of likely N-dealkylation sites (tertiary alicyclic amines) is 1. The molecule has 3 heterocycles. The van der Waals surface area contributed by atoms with E-state index in [2.05, 4.69) is 20.4 Å². The minimum atomic E-state index is -4.15. The molecule has 1 aromatic carbocycles. The molecule has 1 saturated heterocycles. The van der Waals surface area contributed by atoms with Crippen LogP contribution in [0.5, 0.6) is 0 Å². The van der Waals surface area contributed by atoms with Crippen LogP contribution in [0, 0.1) is 5.92 Å². The van der Waals surface area contributed by atoms with Gasteiger partial charge in [-0.3, -0.25) is 14.8 Å². The summed E-state index contributed by atoms with van der Waals surface area (Å²) in [5.41, 5.74) is 2.74. The number of hydrogen-bond acceptors (Lipinski definition) is 5. The van der Waals surface area contributed by atoms with Crippen LogP contribution >= 0.6 is 0 Å². The normalized spacial score (nSPS) is 18.0. The summed E-state index contributed by atoms with van der Waals surface area (Å²) >= 11 is 0. The third-order valence-corrected chi connectivity index (χ3v) is 6.34. The lowest BCUT2D eigenvalue weighted by Crippen LogP contribution is -2.39. The number of benzene rings is 1. The third kappa shape index (κ3) is 5.32. The van der Waals surface area contributed by atoms with Gasteiger partial charge in [-0.25, -0.2) is 9.97 Å². The molecule has 33 heavy (non-hydrogen) atoms. The van der Waals surface area contributed by atoms with E-state index in [-0.39, 0.29) is 24.3 Å². The summed E-state index contributed by atoms with van der Waals surface area (Å²) in [7, 11) is 0. The van der Waals surface area contributed by atoms with Crippen molar-refractivity contribution in [3.63, 3.8) is 0 Å². The number of piperidine rings is 1. The molecule has 1 aliphatic heterocycles. The highest BCUT2D eigenvalue weighted by Crippen LogP contribution is 2.35. The molecule has 1 N–H and O–H groups in total. The van der Waals surface area contributed by atoms with Gasteiger partial charge in [0.1, 0.15) is 0 Å². The average molecular weight is 458 g/mol. The highest BCUT2D eigenvalue weighted by atomic mass is 19.4. The van der Waals surface area contributed by atoms with E-state index in [4.69, 9.17) is 0 Å². The van der Waals surface area contributed by atoms with E-state index in [1.165, 1.54) is 12.8 Å². The van der Waals surface area contributed by atoms with Gasteiger partial charge in [-0.2, -0.15) is 18.3 Å².